The van der Waals surface area contributed by atoms with E-state index in [0.717, 1.165) is 40.3 Å². The molecule has 6 nitrogen and oxygen atoms in total. The fourth-order valence-corrected chi connectivity index (χ4v) is 4.83. The van der Waals surface area contributed by atoms with Crippen LogP contribution in [0.25, 0.3) is 0 Å². The molecule has 0 unspecified atom stereocenters. The molecular weight excluding hydrogens is 484 g/mol. The molecule has 37 heavy (non-hydrogen) atoms. The Kier molecular flexibility index (Phi) is 11.4. The Bertz CT molecular complexity index is 1150. The van der Waals surface area contributed by atoms with Gasteiger partial charge in [0.15, 0.2) is 0 Å². The standard InChI is InChI=1S/C30H36N2O4S/c1-3-5-6-7-10-20-32(30(35)31-27-14-8-9-15-28(27)36-4-2)24-12-11-13-26(22-24)37-25-18-16-23(17-19-25)21-29(33)34/h8-9,11-19,22H,3-7,10,20-21H2,1-2H3,(H,31,35)(H,33,34). The van der Waals surface area contributed by atoms with Gasteiger partial charge in [-0.3, -0.25) is 9.69 Å². The number of hydrogen-bond donors (Lipinski definition) is 2. The van der Waals surface area contributed by atoms with Crippen molar-refractivity contribution in [2.75, 3.05) is 23.4 Å². The van der Waals surface area contributed by atoms with Gasteiger partial charge >= 0.3 is 12.0 Å². The lowest BCUT2D eigenvalue weighted by atomic mass is 10.1. The molecule has 0 aliphatic rings. The van der Waals surface area contributed by atoms with Gasteiger partial charge in [-0.15, -0.1) is 0 Å². The number of hydrogen-bond acceptors (Lipinski definition) is 4. The summed E-state index contributed by atoms with van der Waals surface area (Å²) in [7, 11) is 0. The van der Waals surface area contributed by atoms with Crippen LogP contribution in [0.5, 0.6) is 5.75 Å². The number of anilines is 2. The Morgan fingerprint density at radius 2 is 1.65 bits per heavy atom. The maximum absolute atomic E-state index is 13.5. The highest BCUT2D eigenvalue weighted by Crippen LogP contribution is 2.32. The molecule has 3 aromatic rings. The summed E-state index contributed by atoms with van der Waals surface area (Å²) in [6, 6.07) is 22.8. The highest BCUT2D eigenvalue weighted by atomic mass is 32.2. The minimum absolute atomic E-state index is 0.00911. The van der Waals surface area contributed by atoms with E-state index < -0.39 is 5.97 Å². The van der Waals surface area contributed by atoms with Crippen molar-refractivity contribution in [2.45, 2.75) is 62.2 Å². The van der Waals surface area contributed by atoms with E-state index in [9.17, 15) is 9.59 Å². The number of benzene rings is 3. The molecule has 0 saturated heterocycles. The molecular formula is C30H36N2O4S. The Morgan fingerprint density at radius 3 is 2.38 bits per heavy atom. The van der Waals surface area contributed by atoms with Crippen LogP contribution < -0.4 is 15.0 Å². The van der Waals surface area contributed by atoms with Gasteiger partial charge in [-0.2, -0.15) is 0 Å². The number of ether oxygens (including phenoxy) is 1. The zero-order valence-corrected chi connectivity index (χ0v) is 22.4. The van der Waals surface area contributed by atoms with Crippen molar-refractivity contribution < 1.29 is 19.4 Å². The average molecular weight is 521 g/mol. The lowest BCUT2D eigenvalue weighted by Gasteiger charge is -2.24. The molecule has 2 amide bonds. The third-order valence-corrected chi connectivity index (χ3v) is 6.80. The number of rotatable bonds is 14. The molecule has 0 radical (unpaired) electrons. The number of carbonyl (C=O) groups excluding carboxylic acids is 1. The van der Waals surface area contributed by atoms with Crippen molar-refractivity contribution in [3.05, 3.63) is 78.4 Å². The van der Waals surface area contributed by atoms with Gasteiger partial charge in [-0.05, 0) is 61.4 Å². The second-order valence-electron chi connectivity index (χ2n) is 8.74. The quantitative estimate of drug-likeness (QED) is 0.211. The lowest BCUT2D eigenvalue weighted by Crippen LogP contribution is -2.36. The molecule has 3 aromatic carbocycles. The third-order valence-electron chi connectivity index (χ3n) is 5.80. The Hall–Kier alpha value is -3.45. The van der Waals surface area contributed by atoms with E-state index in [2.05, 4.69) is 12.2 Å². The van der Waals surface area contributed by atoms with Crippen molar-refractivity contribution in [3.8, 4) is 5.75 Å². The molecule has 0 heterocycles. The van der Waals surface area contributed by atoms with E-state index in [1.807, 2.05) is 79.7 Å². The van der Waals surface area contributed by atoms with Gasteiger partial charge in [0.2, 0.25) is 0 Å². The first kappa shape index (κ1) is 28.1. The van der Waals surface area contributed by atoms with Crippen LogP contribution in [0.3, 0.4) is 0 Å². The summed E-state index contributed by atoms with van der Waals surface area (Å²) in [6.45, 7) is 5.25. The van der Waals surface area contributed by atoms with Crippen molar-refractivity contribution in [2.24, 2.45) is 0 Å². The summed E-state index contributed by atoms with van der Waals surface area (Å²) in [5.74, 6) is -0.193. The summed E-state index contributed by atoms with van der Waals surface area (Å²) < 4.78 is 5.69. The molecule has 196 valence electrons. The molecule has 0 aliphatic heterocycles. The Labute approximate surface area is 224 Å². The first-order chi connectivity index (χ1) is 18.0. The number of carboxylic acids is 1. The number of urea groups is 1. The summed E-state index contributed by atoms with van der Waals surface area (Å²) in [4.78, 5) is 28.2. The molecule has 0 aliphatic carbocycles. The molecule has 0 atom stereocenters. The molecule has 3 rings (SSSR count). The molecule has 0 fully saturated rings. The van der Waals surface area contributed by atoms with E-state index in [0.29, 0.717) is 24.6 Å². The van der Waals surface area contributed by atoms with Crippen molar-refractivity contribution in [3.63, 3.8) is 0 Å². The third kappa shape index (κ3) is 9.17. The van der Waals surface area contributed by atoms with Crippen LogP contribution in [0, 0.1) is 0 Å². The van der Waals surface area contributed by atoms with E-state index in [-0.39, 0.29) is 12.5 Å². The maximum Gasteiger partial charge on any atom is 0.326 e. The van der Waals surface area contributed by atoms with Crippen LogP contribution in [0.1, 0.15) is 51.5 Å². The van der Waals surface area contributed by atoms with Crippen LogP contribution in [0.4, 0.5) is 16.2 Å². The number of nitrogens with one attached hydrogen (secondary N) is 1. The Balaban J connectivity index is 1.77. The second-order valence-corrected chi connectivity index (χ2v) is 9.89. The normalized spacial score (nSPS) is 10.6. The van der Waals surface area contributed by atoms with Crippen LogP contribution >= 0.6 is 11.8 Å². The van der Waals surface area contributed by atoms with Gasteiger partial charge in [0.1, 0.15) is 5.75 Å². The van der Waals surface area contributed by atoms with Gasteiger partial charge in [0, 0.05) is 22.0 Å². The number of amides is 2. The topological polar surface area (TPSA) is 78.9 Å². The van der Waals surface area contributed by atoms with Crippen LogP contribution in [0.15, 0.2) is 82.6 Å². The van der Waals surface area contributed by atoms with Gasteiger partial charge in [-0.25, -0.2) is 4.79 Å². The van der Waals surface area contributed by atoms with Crippen molar-refractivity contribution in [1.29, 1.82) is 0 Å². The first-order valence-electron chi connectivity index (χ1n) is 12.9. The van der Waals surface area contributed by atoms with Crippen molar-refractivity contribution in [1.82, 2.24) is 0 Å². The average Bonchev–Trinajstić information content (AvgIpc) is 2.88. The molecule has 0 aromatic heterocycles. The van der Waals surface area contributed by atoms with E-state index in [4.69, 9.17) is 9.84 Å². The number of unbranched alkanes of at least 4 members (excludes halogenated alkanes) is 4. The summed E-state index contributed by atoms with van der Waals surface area (Å²) >= 11 is 1.58. The fraction of sp³-hybridized carbons (Fsp3) is 0.333. The van der Waals surface area contributed by atoms with Crippen LogP contribution in [0.2, 0.25) is 0 Å². The number of carboxylic acid groups (broad SMARTS) is 1. The SMILES string of the molecule is CCCCCCCN(C(=O)Nc1ccccc1OCC)c1cccc(Sc2ccc(CC(=O)O)cc2)c1. The van der Waals surface area contributed by atoms with Gasteiger partial charge in [-0.1, -0.05) is 74.7 Å². The van der Waals surface area contributed by atoms with Gasteiger partial charge < -0.3 is 15.2 Å². The minimum atomic E-state index is -0.843. The zero-order chi connectivity index (χ0) is 26.5. The highest BCUT2D eigenvalue weighted by Gasteiger charge is 2.18. The molecule has 2 N–H and O–H groups in total. The molecule has 0 spiro atoms. The Morgan fingerprint density at radius 1 is 0.892 bits per heavy atom. The van der Waals surface area contributed by atoms with E-state index >= 15 is 0 Å². The summed E-state index contributed by atoms with van der Waals surface area (Å²) in [6.07, 6.45) is 5.54. The second kappa shape index (κ2) is 15.0. The maximum atomic E-state index is 13.5. The zero-order valence-electron chi connectivity index (χ0n) is 21.6. The van der Waals surface area contributed by atoms with Crippen LogP contribution in [-0.4, -0.2) is 30.3 Å². The fourth-order valence-electron chi connectivity index (χ4n) is 3.96. The summed E-state index contributed by atoms with van der Waals surface area (Å²) in [5.41, 5.74) is 2.25. The van der Waals surface area contributed by atoms with E-state index in [1.165, 1.54) is 12.8 Å². The van der Waals surface area contributed by atoms with Gasteiger partial charge in [0.05, 0.1) is 18.7 Å². The predicted molar refractivity (Wildman–Crippen MR) is 151 cm³/mol. The molecule has 0 saturated carbocycles. The molecule has 0 bridgehead atoms. The first-order valence-corrected chi connectivity index (χ1v) is 13.7. The molecule has 7 heteroatoms. The van der Waals surface area contributed by atoms with E-state index in [1.54, 1.807) is 16.7 Å². The number of nitrogens with zero attached hydrogens (tertiary/aromatic N) is 1. The lowest BCUT2D eigenvalue weighted by molar-refractivity contribution is -0.136. The number of carbonyl (C=O) groups is 2. The predicted octanol–water partition coefficient (Wildman–Crippen LogP) is 7.87. The highest BCUT2D eigenvalue weighted by molar-refractivity contribution is 7.99. The van der Waals surface area contributed by atoms with Crippen molar-refractivity contribution >= 4 is 35.1 Å². The van der Waals surface area contributed by atoms with Crippen LogP contribution in [-0.2, 0) is 11.2 Å². The minimum Gasteiger partial charge on any atom is -0.492 e. The smallest absolute Gasteiger partial charge is 0.326 e. The largest absolute Gasteiger partial charge is 0.492 e. The number of aliphatic carboxylic acids is 1. The monoisotopic (exact) mass is 520 g/mol. The summed E-state index contributed by atoms with van der Waals surface area (Å²) in [5, 5.41) is 12.0. The van der Waals surface area contributed by atoms with Gasteiger partial charge in [0.25, 0.3) is 0 Å². The number of para-hydroxylation sites is 2.